The van der Waals surface area contributed by atoms with Gasteiger partial charge >= 0.3 is 0 Å². The van der Waals surface area contributed by atoms with Gasteiger partial charge in [0.15, 0.2) is 18.9 Å². The van der Waals surface area contributed by atoms with Crippen molar-refractivity contribution in [1.29, 1.82) is 0 Å². The van der Waals surface area contributed by atoms with Crippen molar-refractivity contribution in [2.75, 3.05) is 6.54 Å². The molecule has 0 saturated heterocycles. The van der Waals surface area contributed by atoms with Crippen LogP contribution in [0.5, 0.6) is 11.5 Å². The molecule has 3 rings (SSSR count). The fourth-order valence-electron chi connectivity index (χ4n) is 2.18. The molecule has 1 N–H and O–H groups in total. The Morgan fingerprint density at radius 2 is 1.81 bits per heavy atom. The van der Waals surface area contributed by atoms with Gasteiger partial charge in [-0.3, -0.25) is 0 Å². The fourth-order valence-corrected chi connectivity index (χ4v) is 2.18. The number of hydrogen-bond acceptors (Lipinski definition) is 4. The van der Waals surface area contributed by atoms with Crippen LogP contribution in [0.3, 0.4) is 0 Å². The number of para-hydroxylation sites is 3. The van der Waals surface area contributed by atoms with Crippen molar-refractivity contribution in [3.63, 3.8) is 0 Å². The molecular formula is C16H14N3O2+. The van der Waals surface area contributed by atoms with Crippen molar-refractivity contribution in [2.24, 2.45) is 10.3 Å². The molecule has 21 heavy (non-hydrogen) atoms. The Kier molecular flexibility index (Phi) is 3.77. The van der Waals surface area contributed by atoms with Crippen LogP contribution < -0.4 is 9.33 Å². The summed E-state index contributed by atoms with van der Waals surface area (Å²) in [5.74, 6) is 1.39. The zero-order valence-electron chi connectivity index (χ0n) is 11.3. The lowest BCUT2D eigenvalue weighted by Crippen LogP contribution is -2.37. The summed E-state index contributed by atoms with van der Waals surface area (Å²) < 4.78 is 5.93. The number of nitrogens with zero attached hydrogens (tertiary/aromatic N) is 3. The molecule has 0 aliphatic carbocycles. The van der Waals surface area contributed by atoms with E-state index in [0.717, 1.165) is 11.4 Å². The summed E-state index contributed by atoms with van der Waals surface area (Å²) in [7, 11) is 0. The first-order valence-corrected chi connectivity index (χ1v) is 6.51. The minimum Gasteiger partial charge on any atom is -0.451 e. The monoisotopic (exact) mass is 280 g/mol. The minimum atomic E-state index is -0.000489. The first-order valence-electron chi connectivity index (χ1n) is 6.51. The van der Waals surface area contributed by atoms with Crippen LogP contribution in [-0.4, -0.2) is 11.7 Å². The molecule has 2 aromatic carbocycles. The molecule has 0 fully saturated rings. The molecule has 1 aliphatic heterocycles. The third-order valence-corrected chi connectivity index (χ3v) is 3.16. The summed E-state index contributed by atoms with van der Waals surface area (Å²) in [6.07, 6.45) is 3.37. The van der Waals surface area contributed by atoms with Gasteiger partial charge in [-0.2, -0.15) is 0 Å². The summed E-state index contributed by atoms with van der Waals surface area (Å²) in [6.45, 7) is 2.31. The van der Waals surface area contributed by atoms with Crippen LogP contribution in [0.25, 0.3) is 0 Å². The van der Waals surface area contributed by atoms with Gasteiger partial charge in [-0.15, -0.1) is 9.71 Å². The smallest absolute Gasteiger partial charge is 0.208 e. The van der Waals surface area contributed by atoms with E-state index in [9.17, 15) is 0 Å². The molecule has 0 aromatic heterocycles. The molecule has 0 amide bonds. The van der Waals surface area contributed by atoms with Crippen molar-refractivity contribution in [3.05, 3.63) is 73.6 Å². The average molecular weight is 280 g/mol. The van der Waals surface area contributed by atoms with Crippen molar-refractivity contribution >= 4 is 5.69 Å². The van der Waals surface area contributed by atoms with E-state index >= 15 is 0 Å². The molecule has 0 saturated carbocycles. The number of hydrogen-bond donors (Lipinski definition) is 1. The third-order valence-electron chi connectivity index (χ3n) is 3.16. The van der Waals surface area contributed by atoms with Crippen LogP contribution in [-0.2, 0) is 0 Å². The van der Waals surface area contributed by atoms with E-state index in [0.29, 0.717) is 5.75 Å². The van der Waals surface area contributed by atoms with Gasteiger partial charge in [-0.05, 0) is 18.2 Å². The fraction of sp³-hybridized carbons (Fsp3) is 0.0625. The summed E-state index contributed by atoms with van der Waals surface area (Å²) >= 11 is 0. The molecule has 0 bridgehead atoms. The van der Waals surface area contributed by atoms with Crippen LogP contribution in [0.4, 0.5) is 5.69 Å². The van der Waals surface area contributed by atoms with Crippen molar-refractivity contribution < 1.29 is 9.84 Å². The minimum absolute atomic E-state index is 0.000489. The maximum Gasteiger partial charge on any atom is 0.208 e. The quantitative estimate of drug-likeness (QED) is 0.840. The number of aliphatic hydroxyl groups is 1. The standard InChI is InChI=1S/C16H14N3O2/c20-13-12-19(11-10-17-18-19)15-8-4-5-9-16(15)21-14-6-2-1-3-7-14/h1-11,20H,12H2/q+1. The van der Waals surface area contributed by atoms with Gasteiger partial charge in [0.05, 0.1) is 0 Å². The van der Waals surface area contributed by atoms with Gasteiger partial charge in [-0.1, -0.05) is 30.3 Å². The predicted octanol–water partition coefficient (Wildman–Crippen LogP) is 4.05. The summed E-state index contributed by atoms with van der Waals surface area (Å²) in [6, 6.07) is 17.1. The van der Waals surface area contributed by atoms with Gasteiger partial charge in [0.25, 0.3) is 0 Å². The topological polar surface area (TPSA) is 54.2 Å². The lowest BCUT2D eigenvalue weighted by molar-refractivity contribution is 0.300. The molecule has 5 nitrogen and oxygen atoms in total. The first-order chi connectivity index (χ1) is 10.3. The van der Waals surface area contributed by atoms with Crippen LogP contribution in [0.1, 0.15) is 0 Å². The molecule has 1 heterocycles. The molecule has 1 unspecified atom stereocenters. The van der Waals surface area contributed by atoms with Crippen molar-refractivity contribution in [3.8, 4) is 11.5 Å². The molecule has 1 atom stereocenters. The van der Waals surface area contributed by atoms with E-state index in [1.165, 1.54) is 0 Å². The molecule has 0 spiro atoms. The lowest BCUT2D eigenvalue weighted by Gasteiger charge is -2.23. The Labute approximate surface area is 123 Å². The van der Waals surface area contributed by atoms with Crippen molar-refractivity contribution in [1.82, 2.24) is 4.59 Å². The molecule has 2 aromatic rings. The van der Waals surface area contributed by atoms with Gasteiger partial charge in [0.1, 0.15) is 18.1 Å². The van der Waals surface area contributed by atoms with E-state index < -0.39 is 0 Å². The molecule has 1 aliphatic rings. The highest BCUT2D eigenvalue weighted by Gasteiger charge is 2.35. The summed E-state index contributed by atoms with van der Waals surface area (Å²) in [5.41, 5.74) is 0.778. The molecular weight excluding hydrogens is 266 g/mol. The normalized spacial score (nSPS) is 19.9. The first kappa shape index (κ1) is 13.5. The highest BCUT2D eigenvalue weighted by Crippen LogP contribution is 2.38. The van der Waals surface area contributed by atoms with Gasteiger partial charge in [-0.25, -0.2) is 0 Å². The van der Waals surface area contributed by atoms with Gasteiger partial charge < -0.3 is 9.84 Å². The van der Waals surface area contributed by atoms with E-state index in [-0.39, 0.29) is 11.1 Å². The Morgan fingerprint density at radius 3 is 2.52 bits per heavy atom. The summed E-state index contributed by atoms with van der Waals surface area (Å²) in [5, 5.41) is 17.2. The number of aliphatic hydroxyl groups excluding tert-OH is 1. The van der Waals surface area contributed by atoms with Gasteiger partial charge in [0, 0.05) is 11.3 Å². The van der Waals surface area contributed by atoms with Crippen LogP contribution in [0.2, 0.25) is 0 Å². The van der Waals surface area contributed by atoms with E-state index in [4.69, 9.17) is 9.84 Å². The highest BCUT2D eigenvalue weighted by molar-refractivity contribution is 5.58. The van der Waals surface area contributed by atoms with Crippen LogP contribution >= 0.6 is 0 Å². The summed E-state index contributed by atoms with van der Waals surface area (Å²) in [4.78, 5) is 0. The number of rotatable bonds is 5. The van der Waals surface area contributed by atoms with Crippen LogP contribution in [0, 0.1) is 6.61 Å². The zero-order chi connectivity index (χ0) is 14.5. The van der Waals surface area contributed by atoms with E-state index in [1.807, 2.05) is 54.6 Å². The van der Waals surface area contributed by atoms with Gasteiger partial charge in [0.2, 0.25) is 5.69 Å². The third kappa shape index (κ3) is 2.69. The Morgan fingerprint density at radius 1 is 1.05 bits per heavy atom. The molecule has 104 valence electrons. The number of ether oxygens (including phenoxy) is 1. The Balaban J connectivity index is 2.00. The number of benzene rings is 2. The van der Waals surface area contributed by atoms with E-state index in [2.05, 4.69) is 16.9 Å². The largest absolute Gasteiger partial charge is 0.451 e. The second-order valence-electron chi connectivity index (χ2n) is 4.53. The second kappa shape index (κ2) is 5.87. The molecule has 2 radical (unpaired) electrons. The van der Waals surface area contributed by atoms with Crippen LogP contribution in [0.15, 0.2) is 77.3 Å². The van der Waals surface area contributed by atoms with Crippen molar-refractivity contribution in [2.45, 2.75) is 0 Å². The zero-order valence-corrected chi connectivity index (χ0v) is 11.3. The Bertz CT molecular complexity index is 656. The predicted molar refractivity (Wildman–Crippen MR) is 78.8 cm³/mol. The highest BCUT2D eigenvalue weighted by atomic mass is 16.5. The maximum atomic E-state index is 9.09. The number of quaternary nitrogens is 1. The molecule has 5 heteroatoms. The second-order valence-corrected chi connectivity index (χ2v) is 4.53. The SMILES string of the molecule is O[C]C[N+]1(c2ccccc2Oc2ccccc2)C=CN=N1. The maximum absolute atomic E-state index is 9.09. The average Bonchev–Trinajstić information content (AvgIpc) is 2.99. The lowest BCUT2D eigenvalue weighted by atomic mass is 10.2. The Hall–Kier alpha value is -2.50. The van der Waals surface area contributed by atoms with E-state index in [1.54, 1.807) is 12.4 Å².